The molecule has 0 spiro atoms. The minimum absolute atomic E-state index is 0.261. The summed E-state index contributed by atoms with van der Waals surface area (Å²) in [4.78, 5) is 12.8. The molecule has 0 radical (unpaired) electrons. The maximum absolute atomic E-state index is 13.7. The van der Waals surface area contributed by atoms with Crippen LogP contribution >= 0.6 is 0 Å². The number of halogens is 2. The Hall–Kier alpha value is -2.21. The fraction of sp³-hybridized carbons (Fsp3) is 0.556. The van der Waals surface area contributed by atoms with Crippen molar-refractivity contribution in [3.63, 3.8) is 0 Å². The normalized spacial score (nSPS) is 27.0. The average molecular weight is 397 g/mol. The lowest BCUT2D eigenvalue weighted by molar-refractivity contribution is 0.0521. The maximum Gasteiger partial charge on any atom is 0.253 e. The van der Waals surface area contributed by atoms with Crippen LogP contribution < -0.4 is 10.0 Å². The second-order valence-corrected chi connectivity index (χ2v) is 9.45. The molecule has 3 aliphatic rings. The molecule has 2 N–H and O–H groups in total. The van der Waals surface area contributed by atoms with Gasteiger partial charge < -0.3 is 5.32 Å². The minimum atomic E-state index is -3.77. The number of hydrogen-bond donors (Lipinski definition) is 2. The number of carbonyl (C=O) groups is 1. The van der Waals surface area contributed by atoms with E-state index < -0.39 is 33.1 Å². The number of carbonyl (C=O) groups excluding carboxylic acids is 1. The van der Waals surface area contributed by atoms with E-state index >= 15 is 0 Å². The standard InChI is InChI=1S/C18H21F2N3O3S/c1-2-27(25,26)23-15-10-14(20)13(19)9-12(15)16(24)22-18-6-3-17(11-21,4-7-18)5-8-18/h9-10,23H,2-8H2,1H3,(H,22,24). The van der Waals surface area contributed by atoms with Crippen LogP contribution in [0, 0.1) is 28.4 Å². The highest BCUT2D eigenvalue weighted by molar-refractivity contribution is 7.92. The molecule has 1 amide bonds. The van der Waals surface area contributed by atoms with Crippen molar-refractivity contribution in [3.8, 4) is 6.07 Å². The number of nitrogens with one attached hydrogen (secondary N) is 2. The molecule has 9 heteroatoms. The van der Waals surface area contributed by atoms with Gasteiger partial charge in [0.2, 0.25) is 10.0 Å². The third-order valence-electron chi connectivity index (χ3n) is 5.81. The molecule has 3 aliphatic carbocycles. The number of anilines is 1. The molecule has 0 saturated heterocycles. The highest BCUT2D eigenvalue weighted by Crippen LogP contribution is 2.52. The first-order chi connectivity index (χ1) is 12.6. The van der Waals surface area contributed by atoms with E-state index in [0.717, 1.165) is 0 Å². The van der Waals surface area contributed by atoms with E-state index in [2.05, 4.69) is 16.1 Å². The first-order valence-electron chi connectivity index (χ1n) is 8.86. The van der Waals surface area contributed by atoms with E-state index in [-0.39, 0.29) is 22.4 Å². The van der Waals surface area contributed by atoms with Crippen LogP contribution in [0.2, 0.25) is 0 Å². The zero-order valence-corrected chi connectivity index (χ0v) is 15.8. The van der Waals surface area contributed by atoms with Crippen molar-refractivity contribution >= 4 is 21.6 Å². The van der Waals surface area contributed by atoms with Gasteiger partial charge in [0, 0.05) is 11.6 Å². The molecule has 4 rings (SSSR count). The number of nitrogens with zero attached hydrogens (tertiary/aromatic N) is 1. The summed E-state index contributed by atoms with van der Waals surface area (Å²) >= 11 is 0. The van der Waals surface area contributed by atoms with Crippen LogP contribution in [0.3, 0.4) is 0 Å². The van der Waals surface area contributed by atoms with Crippen LogP contribution in [-0.2, 0) is 10.0 Å². The molecule has 6 nitrogen and oxygen atoms in total. The van der Waals surface area contributed by atoms with Gasteiger partial charge in [0.1, 0.15) is 0 Å². The Labute approximate surface area is 157 Å². The van der Waals surface area contributed by atoms with Gasteiger partial charge in [0.25, 0.3) is 5.91 Å². The number of sulfonamides is 1. The molecule has 0 aromatic heterocycles. The Kier molecular flexibility index (Phi) is 4.89. The second-order valence-electron chi connectivity index (χ2n) is 7.44. The van der Waals surface area contributed by atoms with Gasteiger partial charge in [-0.05, 0) is 51.5 Å². The Morgan fingerprint density at radius 1 is 1.15 bits per heavy atom. The van der Waals surface area contributed by atoms with Crippen LogP contribution in [0.5, 0.6) is 0 Å². The molecule has 3 saturated carbocycles. The average Bonchev–Trinajstić information content (AvgIpc) is 2.65. The lowest BCUT2D eigenvalue weighted by Gasteiger charge is -2.50. The quantitative estimate of drug-likeness (QED) is 0.798. The number of benzene rings is 1. The van der Waals surface area contributed by atoms with E-state index in [1.165, 1.54) is 6.92 Å². The number of nitriles is 1. The summed E-state index contributed by atoms with van der Waals surface area (Å²) < 4.78 is 53.2. The molecule has 1 aromatic rings. The van der Waals surface area contributed by atoms with E-state index in [9.17, 15) is 27.3 Å². The number of rotatable bonds is 5. The molecular weight excluding hydrogens is 376 g/mol. The summed E-state index contributed by atoms with van der Waals surface area (Å²) in [5.41, 5.74) is -1.37. The van der Waals surface area contributed by atoms with Gasteiger partial charge in [0.05, 0.1) is 28.5 Å². The van der Waals surface area contributed by atoms with Crippen LogP contribution in [0.15, 0.2) is 12.1 Å². The van der Waals surface area contributed by atoms with Gasteiger partial charge in [-0.25, -0.2) is 17.2 Å². The summed E-state index contributed by atoms with van der Waals surface area (Å²) in [5.74, 6) is -3.40. The van der Waals surface area contributed by atoms with Gasteiger partial charge in [-0.2, -0.15) is 5.26 Å². The highest BCUT2D eigenvalue weighted by Gasteiger charge is 2.49. The molecule has 27 heavy (non-hydrogen) atoms. The van der Waals surface area contributed by atoms with Crippen molar-refractivity contribution in [2.75, 3.05) is 10.5 Å². The van der Waals surface area contributed by atoms with Crippen molar-refractivity contribution < 1.29 is 22.0 Å². The number of amides is 1. The van der Waals surface area contributed by atoms with Gasteiger partial charge in [0.15, 0.2) is 11.6 Å². The minimum Gasteiger partial charge on any atom is -0.347 e. The number of hydrogen-bond acceptors (Lipinski definition) is 4. The predicted octanol–water partition coefficient (Wildman–Crippen LogP) is 3.07. The molecule has 1 aromatic carbocycles. The molecule has 0 heterocycles. The third-order valence-corrected chi connectivity index (χ3v) is 7.10. The van der Waals surface area contributed by atoms with Crippen LogP contribution in [0.4, 0.5) is 14.5 Å². The Bertz CT molecular complexity index is 900. The Morgan fingerprint density at radius 3 is 2.22 bits per heavy atom. The van der Waals surface area contributed by atoms with Crippen LogP contribution in [-0.4, -0.2) is 25.6 Å². The molecule has 0 aliphatic heterocycles. The van der Waals surface area contributed by atoms with E-state index in [1.807, 2.05) is 0 Å². The lowest BCUT2D eigenvalue weighted by atomic mass is 9.58. The first-order valence-corrected chi connectivity index (χ1v) is 10.5. The van der Waals surface area contributed by atoms with Crippen molar-refractivity contribution in [3.05, 3.63) is 29.3 Å². The fourth-order valence-corrected chi connectivity index (χ4v) is 4.56. The summed E-state index contributed by atoms with van der Waals surface area (Å²) in [6.07, 6.45) is 3.93. The molecule has 2 bridgehead atoms. The molecule has 0 unspecified atom stereocenters. The molecule has 3 fully saturated rings. The second kappa shape index (κ2) is 6.75. The van der Waals surface area contributed by atoms with E-state index in [0.29, 0.717) is 50.7 Å². The fourth-order valence-electron chi connectivity index (χ4n) is 3.91. The molecular formula is C18H21F2N3O3S. The van der Waals surface area contributed by atoms with Gasteiger partial charge in [-0.3, -0.25) is 9.52 Å². The van der Waals surface area contributed by atoms with Crippen molar-refractivity contribution in [2.24, 2.45) is 5.41 Å². The van der Waals surface area contributed by atoms with Gasteiger partial charge >= 0.3 is 0 Å². The highest BCUT2D eigenvalue weighted by atomic mass is 32.2. The van der Waals surface area contributed by atoms with Crippen LogP contribution in [0.1, 0.15) is 55.8 Å². The smallest absolute Gasteiger partial charge is 0.253 e. The molecule has 0 atom stereocenters. The first kappa shape index (κ1) is 19.5. The maximum atomic E-state index is 13.7. The summed E-state index contributed by atoms with van der Waals surface area (Å²) in [7, 11) is -3.77. The SMILES string of the molecule is CCS(=O)(=O)Nc1cc(F)c(F)cc1C(=O)NC12CCC(C#N)(CC1)CC2. The van der Waals surface area contributed by atoms with Crippen molar-refractivity contribution in [2.45, 2.75) is 51.0 Å². The topological polar surface area (TPSA) is 99.1 Å². The van der Waals surface area contributed by atoms with Crippen molar-refractivity contribution in [1.82, 2.24) is 5.32 Å². The third kappa shape index (κ3) is 3.76. The Balaban J connectivity index is 1.87. The van der Waals surface area contributed by atoms with Crippen molar-refractivity contribution in [1.29, 1.82) is 5.26 Å². The lowest BCUT2D eigenvalue weighted by Crippen LogP contribution is -2.56. The van der Waals surface area contributed by atoms with Gasteiger partial charge in [-0.15, -0.1) is 0 Å². The zero-order chi connectivity index (χ0) is 19.9. The van der Waals surface area contributed by atoms with Gasteiger partial charge in [-0.1, -0.05) is 0 Å². The largest absolute Gasteiger partial charge is 0.347 e. The monoisotopic (exact) mass is 397 g/mol. The summed E-state index contributed by atoms with van der Waals surface area (Å²) in [6.45, 7) is 1.40. The summed E-state index contributed by atoms with van der Waals surface area (Å²) in [5, 5.41) is 12.3. The number of fused-ring (bicyclic) bond motifs is 3. The van der Waals surface area contributed by atoms with Crippen LogP contribution in [0.25, 0.3) is 0 Å². The Morgan fingerprint density at radius 2 is 1.70 bits per heavy atom. The zero-order valence-electron chi connectivity index (χ0n) is 14.9. The van der Waals surface area contributed by atoms with E-state index in [1.54, 1.807) is 0 Å². The predicted molar refractivity (Wildman–Crippen MR) is 95.4 cm³/mol. The molecule has 146 valence electrons. The summed E-state index contributed by atoms with van der Waals surface area (Å²) in [6, 6.07) is 3.77. The van der Waals surface area contributed by atoms with E-state index in [4.69, 9.17) is 0 Å².